The van der Waals surface area contributed by atoms with Gasteiger partial charge in [0.05, 0.1) is 41.7 Å². The third-order valence-electron chi connectivity index (χ3n) is 7.27. The maximum Gasteiger partial charge on any atom is 0.270 e. The average molecular weight is 635 g/mol. The Morgan fingerprint density at radius 3 is 2.09 bits per heavy atom. The fourth-order valence-electron chi connectivity index (χ4n) is 4.78. The third-order valence-corrected chi connectivity index (χ3v) is 11.0. The number of anilines is 1. The molecule has 13 nitrogen and oxygen atoms in total. The van der Waals surface area contributed by atoms with Gasteiger partial charge in [-0.05, 0) is 48.4 Å². The molecule has 0 aromatic heterocycles. The van der Waals surface area contributed by atoms with Crippen molar-refractivity contribution in [3.05, 3.63) is 76.3 Å². The molecule has 1 aliphatic rings. The van der Waals surface area contributed by atoms with Crippen LogP contribution in [0, 0.1) is 10.1 Å². The number of piperazine rings is 1. The topological polar surface area (TPSA) is 149 Å². The molecular weight excluding hydrogens is 600 g/mol. The third kappa shape index (κ3) is 6.85. The summed E-state index contributed by atoms with van der Waals surface area (Å²) in [5.41, 5.74) is 1.09. The maximum atomic E-state index is 13.5. The Bertz CT molecular complexity index is 1690. The Balaban J connectivity index is 1.49. The van der Waals surface area contributed by atoms with Gasteiger partial charge in [-0.1, -0.05) is 12.1 Å². The number of sulfonamides is 2. The van der Waals surface area contributed by atoms with E-state index in [2.05, 4.69) is 0 Å². The second-order valence-electron chi connectivity index (χ2n) is 9.75. The molecule has 43 heavy (non-hydrogen) atoms. The van der Waals surface area contributed by atoms with Crippen LogP contribution in [0.15, 0.2) is 70.5 Å². The van der Waals surface area contributed by atoms with E-state index >= 15 is 0 Å². The van der Waals surface area contributed by atoms with Crippen molar-refractivity contribution in [2.45, 2.75) is 16.2 Å². The minimum Gasteiger partial charge on any atom is -0.495 e. The SMILES string of the molecule is COc1ccc(CCN(C)S(=O)(=O)c2ccc(OC)c(N3CCN(S(=O)(=O)c4cccc([N+](=O)[O-])c4)CC3)c2)cc1OC. The monoisotopic (exact) mass is 634 g/mol. The Hall–Kier alpha value is -3.92. The van der Waals surface area contributed by atoms with E-state index in [0.29, 0.717) is 29.4 Å². The molecule has 3 aromatic carbocycles. The largest absolute Gasteiger partial charge is 0.495 e. The molecule has 0 radical (unpaired) electrons. The minimum absolute atomic E-state index is 0.0738. The van der Waals surface area contributed by atoms with E-state index < -0.39 is 25.0 Å². The van der Waals surface area contributed by atoms with Gasteiger partial charge in [0, 0.05) is 51.9 Å². The summed E-state index contributed by atoms with van der Waals surface area (Å²) in [4.78, 5) is 12.3. The first-order valence-corrected chi connectivity index (χ1v) is 16.1. The van der Waals surface area contributed by atoms with Gasteiger partial charge >= 0.3 is 0 Å². The molecule has 1 aliphatic heterocycles. The fraction of sp³-hybridized carbons (Fsp3) is 0.357. The number of non-ortho nitro benzene ring substituents is 1. The van der Waals surface area contributed by atoms with E-state index in [1.807, 2.05) is 17.0 Å². The predicted octanol–water partition coefficient (Wildman–Crippen LogP) is 2.99. The Morgan fingerprint density at radius 2 is 1.47 bits per heavy atom. The molecule has 3 aromatic rings. The highest BCUT2D eigenvalue weighted by Gasteiger charge is 2.31. The molecule has 0 aliphatic carbocycles. The molecule has 1 heterocycles. The molecule has 0 amide bonds. The van der Waals surface area contributed by atoms with E-state index in [-0.39, 0.29) is 48.2 Å². The van der Waals surface area contributed by atoms with Gasteiger partial charge in [-0.3, -0.25) is 10.1 Å². The zero-order valence-electron chi connectivity index (χ0n) is 24.3. The number of methoxy groups -OCH3 is 3. The van der Waals surface area contributed by atoms with Gasteiger partial charge in [-0.25, -0.2) is 21.1 Å². The maximum absolute atomic E-state index is 13.5. The molecule has 0 unspecified atom stereocenters. The summed E-state index contributed by atoms with van der Waals surface area (Å²) in [7, 11) is -1.77. The first-order chi connectivity index (χ1) is 20.4. The molecule has 15 heteroatoms. The summed E-state index contributed by atoms with van der Waals surface area (Å²) in [5, 5.41) is 11.1. The van der Waals surface area contributed by atoms with Crippen molar-refractivity contribution in [1.29, 1.82) is 0 Å². The normalized spacial score (nSPS) is 14.5. The first-order valence-electron chi connectivity index (χ1n) is 13.3. The lowest BCUT2D eigenvalue weighted by atomic mass is 10.1. The Morgan fingerprint density at radius 1 is 0.814 bits per heavy atom. The summed E-state index contributed by atoms with van der Waals surface area (Å²) < 4.78 is 72.0. The number of likely N-dealkylation sites (N-methyl/N-ethyl adjacent to an activating group) is 1. The summed E-state index contributed by atoms with van der Waals surface area (Å²) in [6, 6.07) is 15.0. The number of rotatable bonds is 12. The zero-order chi connectivity index (χ0) is 31.4. The van der Waals surface area contributed by atoms with Crippen molar-refractivity contribution in [2.24, 2.45) is 0 Å². The quantitative estimate of drug-likeness (QED) is 0.215. The number of nitrogens with zero attached hydrogens (tertiary/aromatic N) is 4. The van der Waals surface area contributed by atoms with Crippen LogP contribution < -0.4 is 19.1 Å². The van der Waals surface area contributed by atoms with Crippen LogP contribution in [-0.4, -0.2) is 91.5 Å². The van der Waals surface area contributed by atoms with Gasteiger partial charge in [-0.15, -0.1) is 0 Å². The van der Waals surface area contributed by atoms with E-state index in [0.717, 1.165) is 11.6 Å². The Labute approximate surface area is 251 Å². The molecule has 0 spiro atoms. The van der Waals surface area contributed by atoms with Crippen molar-refractivity contribution < 1.29 is 36.0 Å². The van der Waals surface area contributed by atoms with Crippen molar-refractivity contribution in [1.82, 2.24) is 8.61 Å². The highest BCUT2D eigenvalue weighted by Crippen LogP contribution is 2.34. The number of nitro benzene ring substituents is 1. The molecule has 4 rings (SSSR count). The second kappa shape index (κ2) is 13.2. The van der Waals surface area contributed by atoms with Gasteiger partial charge in [-0.2, -0.15) is 4.31 Å². The fourth-order valence-corrected chi connectivity index (χ4v) is 7.43. The van der Waals surface area contributed by atoms with Crippen LogP contribution in [0.2, 0.25) is 0 Å². The number of benzene rings is 3. The van der Waals surface area contributed by atoms with Crippen LogP contribution in [0.5, 0.6) is 17.2 Å². The molecule has 232 valence electrons. The molecule has 0 atom stereocenters. The van der Waals surface area contributed by atoms with Crippen LogP contribution in [-0.2, 0) is 26.5 Å². The lowest BCUT2D eigenvalue weighted by Gasteiger charge is -2.36. The van der Waals surface area contributed by atoms with Crippen LogP contribution in [0.1, 0.15) is 5.56 Å². The van der Waals surface area contributed by atoms with E-state index in [1.54, 1.807) is 19.2 Å². The summed E-state index contributed by atoms with van der Waals surface area (Å²) in [6.45, 7) is 0.909. The van der Waals surface area contributed by atoms with Gasteiger partial charge in [0.1, 0.15) is 5.75 Å². The summed E-state index contributed by atoms with van der Waals surface area (Å²) in [6.07, 6.45) is 0.445. The summed E-state index contributed by atoms with van der Waals surface area (Å²) >= 11 is 0. The van der Waals surface area contributed by atoms with Crippen molar-refractivity contribution in [3.63, 3.8) is 0 Å². The average Bonchev–Trinajstić information content (AvgIpc) is 3.03. The summed E-state index contributed by atoms with van der Waals surface area (Å²) in [5.74, 6) is 1.59. The number of hydrogen-bond acceptors (Lipinski definition) is 10. The van der Waals surface area contributed by atoms with Gasteiger partial charge in [0.2, 0.25) is 20.0 Å². The van der Waals surface area contributed by atoms with Crippen LogP contribution in [0.25, 0.3) is 0 Å². The molecular formula is C28H34N4O9S2. The van der Waals surface area contributed by atoms with Crippen molar-refractivity contribution >= 4 is 31.4 Å². The lowest BCUT2D eigenvalue weighted by molar-refractivity contribution is -0.385. The standard InChI is InChI=1S/C28H34N4O9S2/c1-29(13-12-21-8-10-27(40-3)28(18-21)41-4)42(35,36)24-9-11-26(39-2)25(20-24)30-14-16-31(17-15-30)43(37,38)23-7-5-6-22(19-23)32(33)34/h5-11,18-20H,12-17H2,1-4H3. The zero-order valence-corrected chi connectivity index (χ0v) is 25.9. The van der Waals surface area contributed by atoms with Gasteiger partial charge < -0.3 is 19.1 Å². The minimum atomic E-state index is -3.97. The lowest BCUT2D eigenvalue weighted by Crippen LogP contribution is -2.48. The smallest absolute Gasteiger partial charge is 0.270 e. The number of ether oxygens (including phenoxy) is 3. The number of hydrogen-bond donors (Lipinski definition) is 0. The second-order valence-corrected chi connectivity index (χ2v) is 13.7. The molecule has 0 bridgehead atoms. The Kier molecular flexibility index (Phi) is 9.79. The van der Waals surface area contributed by atoms with E-state index in [4.69, 9.17) is 14.2 Å². The molecule has 0 N–H and O–H groups in total. The van der Waals surface area contributed by atoms with Crippen molar-refractivity contribution in [3.8, 4) is 17.2 Å². The predicted molar refractivity (Wildman–Crippen MR) is 160 cm³/mol. The molecule has 1 fully saturated rings. The first kappa shape index (κ1) is 32.0. The van der Waals surface area contributed by atoms with E-state index in [1.165, 1.54) is 60.2 Å². The highest BCUT2D eigenvalue weighted by molar-refractivity contribution is 7.89. The number of nitro groups is 1. The van der Waals surface area contributed by atoms with E-state index in [9.17, 15) is 26.9 Å². The highest BCUT2D eigenvalue weighted by atomic mass is 32.2. The van der Waals surface area contributed by atoms with Crippen molar-refractivity contribution in [2.75, 3.05) is 66.0 Å². The van der Waals surface area contributed by atoms with Crippen LogP contribution in [0.4, 0.5) is 11.4 Å². The molecule has 0 saturated carbocycles. The molecule has 1 saturated heterocycles. The van der Waals surface area contributed by atoms with Gasteiger partial charge in [0.15, 0.2) is 11.5 Å². The van der Waals surface area contributed by atoms with Gasteiger partial charge in [0.25, 0.3) is 5.69 Å². The van der Waals surface area contributed by atoms with Crippen LogP contribution in [0.3, 0.4) is 0 Å². The van der Waals surface area contributed by atoms with Crippen LogP contribution >= 0.6 is 0 Å².